The zero-order chi connectivity index (χ0) is 11.0. The fourth-order valence-electron chi connectivity index (χ4n) is 1.64. The van der Waals surface area contributed by atoms with Gasteiger partial charge >= 0.3 is 0 Å². The van der Waals surface area contributed by atoms with Crippen LogP contribution in [0, 0.1) is 0 Å². The minimum absolute atomic E-state index is 0.685. The molecule has 0 rings (SSSR count). The maximum atomic E-state index is 5.81. The molecular formula is C12H24ClN. The van der Waals surface area contributed by atoms with Gasteiger partial charge in [0, 0.05) is 25.0 Å². The molecule has 84 valence electrons. The summed E-state index contributed by atoms with van der Waals surface area (Å²) in [7, 11) is 0. The molecule has 2 heteroatoms. The Kier molecular flexibility index (Phi) is 8.30. The van der Waals surface area contributed by atoms with E-state index in [2.05, 4.69) is 38.7 Å². The molecule has 0 unspecified atom stereocenters. The highest BCUT2D eigenvalue weighted by atomic mass is 35.5. The summed E-state index contributed by atoms with van der Waals surface area (Å²) in [5.74, 6) is 0.729. The van der Waals surface area contributed by atoms with Crippen molar-refractivity contribution in [3.05, 3.63) is 11.6 Å². The van der Waals surface area contributed by atoms with E-state index in [4.69, 9.17) is 11.6 Å². The second kappa shape index (κ2) is 8.31. The van der Waals surface area contributed by atoms with E-state index in [1.54, 1.807) is 0 Å². The van der Waals surface area contributed by atoms with Crippen molar-refractivity contribution >= 4 is 11.6 Å². The minimum atomic E-state index is 0.685. The topological polar surface area (TPSA) is 3.24 Å². The normalized spacial score (nSPS) is 11.1. The Bertz CT molecular complexity index is 158. The highest BCUT2D eigenvalue weighted by Crippen LogP contribution is 2.09. The summed E-state index contributed by atoms with van der Waals surface area (Å²) in [6.07, 6.45) is 4.71. The lowest BCUT2D eigenvalue weighted by Crippen LogP contribution is -2.36. The average Bonchev–Trinajstić information content (AvgIpc) is 2.15. The maximum absolute atomic E-state index is 5.81. The molecule has 0 radical (unpaired) electrons. The van der Waals surface area contributed by atoms with Gasteiger partial charge in [0.2, 0.25) is 0 Å². The molecule has 0 fully saturated rings. The third-order valence-electron chi connectivity index (χ3n) is 2.56. The third-order valence-corrected chi connectivity index (χ3v) is 2.73. The first-order valence-corrected chi connectivity index (χ1v) is 6.12. The number of alkyl halides is 1. The second-order valence-electron chi connectivity index (χ2n) is 3.94. The first-order chi connectivity index (χ1) is 6.65. The number of nitrogens with zero attached hydrogens (tertiary/aromatic N) is 1. The summed E-state index contributed by atoms with van der Waals surface area (Å²) >= 11 is 5.81. The Morgan fingerprint density at radius 1 is 1.29 bits per heavy atom. The molecule has 0 saturated heterocycles. The van der Waals surface area contributed by atoms with Gasteiger partial charge in [0.05, 0.1) is 0 Å². The average molecular weight is 218 g/mol. The van der Waals surface area contributed by atoms with Crippen molar-refractivity contribution in [2.24, 2.45) is 0 Å². The van der Waals surface area contributed by atoms with E-state index in [1.807, 2.05) is 0 Å². The smallest absolute Gasteiger partial charge is 0.0351 e. The minimum Gasteiger partial charge on any atom is -0.296 e. The summed E-state index contributed by atoms with van der Waals surface area (Å²) in [5.41, 5.74) is 1.38. The van der Waals surface area contributed by atoms with Gasteiger partial charge in [-0.05, 0) is 26.7 Å². The van der Waals surface area contributed by atoms with Crippen LogP contribution in [0.1, 0.15) is 40.5 Å². The molecule has 0 saturated carbocycles. The van der Waals surface area contributed by atoms with Crippen molar-refractivity contribution in [1.29, 1.82) is 0 Å². The van der Waals surface area contributed by atoms with Crippen molar-refractivity contribution in [3.8, 4) is 0 Å². The Labute approximate surface area is 94.1 Å². The van der Waals surface area contributed by atoms with Crippen LogP contribution >= 0.6 is 11.6 Å². The lowest BCUT2D eigenvalue weighted by atomic mass is 10.1. The number of rotatable bonds is 7. The summed E-state index contributed by atoms with van der Waals surface area (Å²) in [5, 5.41) is 0. The molecule has 0 bridgehead atoms. The van der Waals surface area contributed by atoms with Crippen LogP contribution in [-0.2, 0) is 0 Å². The van der Waals surface area contributed by atoms with Gasteiger partial charge in [-0.1, -0.05) is 25.5 Å². The van der Waals surface area contributed by atoms with Gasteiger partial charge < -0.3 is 0 Å². The molecular weight excluding hydrogens is 194 g/mol. The molecule has 0 aromatic heterocycles. The lowest BCUT2D eigenvalue weighted by Gasteiger charge is -2.28. The van der Waals surface area contributed by atoms with Crippen LogP contribution in [0.5, 0.6) is 0 Å². The van der Waals surface area contributed by atoms with E-state index in [9.17, 15) is 0 Å². The monoisotopic (exact) mass is 217 g/mol. The van der Waals surface area contributed by atoms with Gasteiger partial charge in [0.25, 0.3) is 0 Å². The van der Waals surface area contributed by atoms with E-state index in [0.717, 1.165) is 19.0 Å². The van der Waals surface area contributed by atoms with Crippen LogP contribution in [0.2, 0.25) is 0 Å². The number of halogens is 1. The quantitative estimate of drug-likeness (QED) is 0.465. The van der Waals surface area contributed by atoms with E-state index >= 15 is 0 Å². The van der Waals surface area contributed by atoms with E-state index in [-0.39, 0.29) is 0 Å². The van der Waals surface area contributed by atoms with Crippen molar-refractivity contribution in [1.82, 2.24) is 4.90 Å². The van der Waals surface area contributed by atoms with Crippen molar-refractivity contribution < 1.29 is 0 Å². The maximum Gasteiger partial charge on any atom is 0.0351 e. The van der Waals surface area contributed by atoms with Gasteiger partial charge in [-0.25, -0.2) is 0 Å². The zero-order valence-electron chi connectivity index (χ0n) is 10.0. The van der Waals surface area contributed by atoms with Crippen LogP contribution in [0.3, 0.4) is 0 Å². The zero-order valence-corrected chi connectivity index (χ0v) is 10.8. The first-order valence-electron chi connectivity index (χ1n) is 5.59. The SMILES string of the molecule is CCC(CC)N(CC=C(C)C)CCCl. The van der Waals surface area contributed by atoms with Crippen LogP contribution in [0.25, 0.3) is 0 Å². The van der Waals surface area contributed by atoms with Gasteiger partial charge in [-0.2, -0.15) is 0 Å². The summed E-state index contributed by atoms with van der Waals surface area (Å²) in [6, 6.07) is 0.685. The predicted octanol–water partition coefficient (Wildman–Crippen LogP) is 3.68. The second-order valence-corrected chi connectivity index (χ2v) is 4.31. The largest absolute Gasteiger partial charge is 0.296 e. The fourth-order valence-corrected chi connectivity index (χ4v) is 1.85. The Balaban J connectivity index is 4.18. The molecule has 0 atom stereocenters. The fraction of sp³-hybridized carbons (Fsp3) is 0.833. The van der Waals surface area contributed by atoms with Gasteiger partial charge in [-0.3, -0.25) is 4.90 Å². The molecule has 0 aromatic carbocycles. The summed E-state index contributed by atoms with van der Waals surface area (Å²) in [6.45, 7) is 10.8. The van der Waals surface area contributed by atoms with E-state index < -0.39 is 0 Å². The molecule has 0 aliphatic carbocycles. The third kappa shape index (κ3) is 5.66. The van der Waals surface area contributed by atoms with Gasteiger partial charge in [0.15, 0.2) is 0 Å². The van der Waals surface area contributed by atoms with Crippen molar-refractivity contribution in [2.75, 3.05) is 19.0 Å². The molecule has 0 aromatic rings. The van der Waals surface area contributed by atoms with Gasteiger partial charge in [0.1, 0.15) is 0 Å². The van der Waals surface area contributed by atoms with Crippen LogP contribution in [0.15, 0.2) is 11.6 Å². The highest BCUT2D eigenvalue weighted by Gasteiger charge is 2.12. The standard InChI is InChI=1S/C12H24ClN/c1-5-12(6-2)14(10-8-13)9-7-11(3)4/h7,12H,5-6,8-10H2,1-4H3. The number of allylic oxidation sites excluding steroid dienone is 1. The molecule has 0 aliphatic rings. The van der Waals surface area contributed by atoms with Crippen LogP contribution in [0.4, 0.5) is 0 Å². The molecule has 0 aliphatic heterocycles. The van der Waals surface area contributed by atoms with E-state index in [1.165, 1.54) is 18.4 Å². The molecule has 0 N–H and O–H groups in total. The molecule has 0 heterocycles. The molecule has 0 amide bonds. The van der Waals surface area contributed by atoms with Crippen molar-refractivity contribution in [2.45, 2.75) is 46.6 Å². The van der Waals surface area contributed by atoms with Crippen molar-refractivity contribution in [3.63, 3.8) is 0 Å². The summed E-state index contributed by atoms with van der Waals surface area (Å²) in [4.78, 5) is 2.47. The molecule has 1 nitrogen and oxygen atoms in total. The van der Waals surface area contributed by atoms with E-state index in [0.29, 0.717) is 6.04 Å². The van der Waals surface area contributed by atoms with Crippen LogP contribution < -0.4 is 0 Å². The lowest BCUT2D eigenvalue weighted by molar-refractivity contribution is 0.217. The predicted molar refractivity (Wildman–Crippen MR) is 66.1 cm³/mol. The van der Waals surface area contributed by atoms with Crippen LogP contribution in [-0.4, -0.2) is 29.9 Å². The Hall–Kier alpha value is -0.0100. The Morgan fingerprint density at radius 2 is 1.86 bits per heavy atom. The first kappa shape index (κ1) is 14.0. The summed E-state index contributed by atoms with van der Waals surface area (Å²) < 4.78 is 0. The molecule has 14 heavy (non-hydrogen) atoms. The number of hydrogen-bond acceptors (Lipinski definition) is 1. The highest BCUT2D eigenvalue weighted by molar-refractivity contribution is 6.18. The number of hydrogen-bond donors (Lipinski definition) is 0. The van der Waals surface area contributed by atoms with Gasteiger partial charge in [-0.15, -0.1) is 11.6 Å². The molecule has 0 spiro atoms. The Morgan fingerprint density at radius 3 is 2.21 bits per heavy atom.